The molecule has 4 heteroatoms. The SMILES string of the molecule is Clc1ccc2n[nH]c(CC3CCNC3)c2c1. The summed E-state index contributed by atoms with van der Waals surface area (Å²) in [7, 11) is 0. The van der Waals surface area contributed by atoms with E-state index in [2.05, 4.69) is 15.5 Å². The van der Waals surface area contributed by atoms with E-state index >= 15 is 0 Å². The Morgan fingerprint density at radius 2 is 2.38 bits per heavy atom. The number of halogens is 1. The molecule has 0 saturated carbocycles. The predicted octanol–water partition coefficient (Wildman–Crippen LogP) is 2.37. The number of benzene rings is 1. The fourth-order valence-electron chi connectivity index (χ4n) is 2.37. The molecule has 1 fully saturated rings. The maximum atomic E-state index is 6.01. The largest absolute Gasteiger partial charge is 0.316 e. The fraction of sp³-hybridized carbons (Fsp3) is 0.417. The molecule has 0 bridgehead atoms. The summed E-state index contributed by atoms with van der Waals surface area (Å²) in [5.41, 5.74) is 2.22. The van der Waals surface area contributed by atoms with Crippen molar-refractivity contribution in [3.63, 3.8) is 0 Å². The van der Waals surface area contributed by atoms with Gasteiger partial charge in [0.15, 0.2) is 0 Å². The van der Waals surface area contributed by atoms with Gasteiger partial charge in [0.05, 0.1) is 5.52 Å². The second-order valence-corrected chi connectivity index (χ2v) is 4.86. The highest BCUT2D eigenvalue weighted by atomic mass is 35.5. The smallest absolute Gasteiger partial charge is 0.0924 e. The van der Waals surface area contributed by atoms with Gasteiger partial charge in [0.2, 0.25) is 0 Å². The van der Waals surface area contributed by atoms with E-state index in [1.54, 1.807) is 0 Å². The Labute approximate surface area is 99.2 Å². The zero-order chi connectivity index (χ0) is 11.0. The van der Waals surface area contributed by atoms with Crippen LogP contribution in [0.5, 0.6) is 0 Å². The van der Waals surface area contributed by atoms with Crippen LogP contribution < -0.4 is 5.32 Å². The molecule has 2 N–H and O–H groups in total. The van der Waals surface area contributed by atoms with Gasteiger partial charge in [-0.2, -0.15) is 5.10 Å². The third kappa shape index (κ3) is 1.81. The second kappa shape index (κ2) is 4.07. The van der Waals surface area contributed by atoms with Gasteiger partial charge in [0, 0.05) is 16.1 Å². The number of aromatic amines is 1. The summed E-state index contributed by atoms with van der Waals surface area (Å²) in [5.74, 6) is 0.725. The molecule has 3 rings (SSSR count). The minimum Gasteiger partial charge on any atom is -0.316 e. The minimum absolute atomic E-state index is 0.725. The molecule has 2 aromatic rings. The molecule has 1 aliphatic heterocycles. The molecule has 1 aromatic carbocycles. The van der Waals surface area contributed by atoms with Crippen LogP contribution in [0, 0.1) is 5.92 Å². The number of hydrogen-bond donors (Lipinski definition) is 2. The van der Waals surface area contributed by atoms with Crippen molar-refractivity contribution in [3.05, 3.63) is 28.9 Å². The molecule has 0 amide bonds. The molecule has 1 saturated heterocycles. The zero-order valence-electron chi connectivity index (χ0n) is 8.96. The van der Waals surface area contributed by atoms with E-state index in [0.717, 1.165) is 36.0 Å². The number of nitrogens with one attached hydrogen (secondary N) is 2. The summed E-state index contributed by atoms with van der Waals surface area (Å²) in [6, 6.07) is 5.84. The molecule has 1 unspecified atom stereocenters. The van der Waals surface area contributed by atoms with Crippen molar-refractivity contribution in [2.75, 3.05) is 13.1 Å². The van der Waals surface area contributed by atoms with Gasteiger partial charge in [-0.1, -0.05) is 11.6 Å². The first-order valence-corrected chi connectivity index (χ1v) is 6.04. The Morgan fingerprint density at radius 3 is 3.19 bits per heavy atom. The summed E-state index contributed by atoms with van der Waals surface area (Å²) < 4.78 is 0. The molecule has 3 nitrogen and oxygen atoms in total. The molecule has 0 spiro atoms. The third-order valence-electron chi connectivity index (χ3n) is 3.25. The quantitative estimate of drug-likeness (QED) is 0.839. The monoisotopic (exact) mass is 235 g/mol. The molecule has 84 valence electrons. The average molecular weight is 236 g/mol. The van der Waals surface area contributed by atoms with Gasteiger partial charge < -0.3 is 5.32 Å². The number of nitrogens with zero attached hydrogens (tertiary/aromatic N) is 1. The van der Waals surface area contributed by atoms with Crippen LogP contribution >= 0.6 is 11.6 Å². The number of H-pyrrole nitrogens is 1. The number of aromatic nitrogens is 2. The van der Waals surface area contributed by atoms with Crippen LogP contribution in [-0.2, 0) is 6.42 Å². The minimum atomic E-state index is 0.725. The third-order valence-corrected chi connectivity index (χ3v) is 3.49. The van der Waals surface area contributed by atoms with Crippen LogP contribution in [0.1, 0.15) is 12.1 Å². The van der Waals surface area contributed by atoms with Crippen molar-refractivity contribution < 1.29 is 0 Å². The van der Waals surface area contributed by atoms with Crippen molar-refractivity contribution in [2.24, 2.45) is 5.92 Å². The van der Waals surface area contributed by atoms with E-state index in [1.807, 2.05) is 18.2 Å². The van der Waals surface area contributed by atoms with Gasteiger partial charge in [-0.3, -0.25) is 5.10 Å². The van der Waals surface area contributed by atoms with E-state index in [-0.39, 0.29) is 0 Å². The van der Waals surface area contributed by atoms with Crippen LogP contribution in [0.25, 0.3) is 10.9 Å². The first-order valence-electron chi connectivity index (χ1n) is 5.66. The van der Waals surface area contributed by atoms with Gasteiger partial charge in [-0.05, 0) is 50.0 Å². The summed E-state index contributed by atoms with van der Waals surface area (Å²) in [4.78, 5) is 0. The Kier molecular flexibility index (Phi) is 2.58. The predicted molar refractivity (Wildman–Crippen MR) is 65.8 cm³/mol. The summed E-state index contributed by atoms with van der Waals surface area (Å²) in [6.07, 6.45) is 2.31. The van der Waals surface area contributed by atoms with Gasteiger partial charge in [0.1, 0.15) is 0 Å². The second-order valence-electron chi connectivity index (χ2n) is 4.43. The van der Waals surface area contributed by atoms with Crippen molar-refractivity contribution in [1.29, 1.82) is 0 Å². The summed E-state index contributed by atoms with van der Waals surface area (Å²) in [6.45, 7) is 2.25. The first-order chi connectivity index (χ1) is 7.83. The summed E-state index contributed by atoms with van der Waals surface area (Å²) >= 11 is 6.01. The number of hydrogen-bond acceptors (Lipinski definition) is 2. The maximum absolute atomic E-state index is 6.01. The summed E-state index contributed by atoms with van der Waals surface area (Å²) in [5, 5.41) is 12.8. The van der Waals surface area contributed by atoms with Crippen molar-refractivity contribution in [2.45, 2.75) is 12.8 Å². The maximum Gasteiger partial charge on any atom is 0.0924 e. The van der Waals surface area contributed by atoms with Crippen LogP contribution in [0.15, 0.2) is 18.2 Å². The molecular formula is C12H14ClN3. The van der Waals surface area contributed by atoms with Crippen molar-refractivity contribution >= 4 is 22.5 Å². The van der Waals surface area contributed by atoms with Gasteiger partial charge in [-0.15, -0.1) is 0 Å². The molecule has 1 aromatic heterocycles. The Hall–Kier alpha value is -1.06. The van der Waals surface area contributed by atoms with Crippen molar-refractivity contribution in [1.82, 2.24) is 15.5 Å². The lowest BCUT2D eigenvalue weighted by Crippen LogP contribution is -2.11. The Morgan fingerprint density at radius 1 is 1.44 bits per heavy atom. The molecule has 1 aliphatic rings. The van der Waals surface area contributed by atoms with Crippen LogP contribution in [0.3, 0.4) is 0 Å². The molecular weight excluding hydrogens is 222 g/mol. The van der Waals surface area contributed by atoms with Crippen LogP contribution in [-0.4, -0.2) is 23.3 Å². The van der Waals surface area contributed by atoms with E-state index < -0.39 is 0 Å². The average Bonchev–Trinajstić information content (AvgIpc) is 2.90. The van der Waals surface area contributed by atoms with E-state index in [9.17, 15) is 0 Å². The molecule has 1 atom stereocenters. The highest BCUT2D eigenvalue weighted by Crippen LogP contribution is 2.23. The van der Waals surface area contributed by atoms with Crippen molar-refractivity contribution in [3.8, 4) is 0 Å². The molecule has 2 heterocycles. The fourth-order valence-corrected chi connectivity index (χ4v) is 2.54. The van der Waals surface area contributed by atoms with E-state index in [0.29, 0.717) is 0 Å². The topological polar surface area (TPSA) is 40.7 Å². The Balaban J connectivity index is 1.93. The lowest BCUT2D eigenvalue weighted by Gasteiger charge is -2.05. The number of fused-ring (bicyclic) bond motifs is 1. The van der Waals surface area contributed by atoms with Gasteiger partial charge in [-0.25, -0.2) is 0 Å². The van der Waals surface area contributed by atoms with Gasteiger partial charge in [0.25, 0.3) is 0 Å². The lowest BCUT2D eigenvalue weighted by atomic mass is 10.0. The first kappa shape index (κ1) is 10.1. The molecule has 0 radical (unpaired) electrons. The van der Waals surface area contributed by atoms with Crippen LogP contribution in [0.4, 0.5) is 0 Å². The zero-order valence-corrected chi connectivity index (χ0v) is 9.72. The van der Waals surface area contributed by atoms with E-state index in [1.165, 1.54) is 17.5 Å². The lowest BCUT2D eigenvalue weighted by molar-refractivity contribution is 0.573. The highest BCUT2D eigenvalue weighted by Gasteiger charge is 2.17. The van der Waals surface area contributed by atoms with Crippen LogP contribution in [0.2, 0.25) is 5.02 Å². The van der Waals surface area contributed by atoms with Gasteiger partial charge >= 0.3 is 0 Å². The molecule has 16 heavy (non-hydrogen) atoms. The highest BCUT2D eigenvalue weighted by molar-refractivity contribution is 6.31. The standard InChI is InChI=1S/C12H14ClN3/c13-9-1-2-11-10(6-9)12(16-15-11)5-8-3-4-14-7-8/h1-2,6,8,14H,3-5,7H2,(H,15,16). The molecule has 0 aliphatic carbocycles. The number of rotatable bonds is 2. The normalized spacial score (nSPS) is 20.7. The Bertz CT molecular complexity index is 500. The van der Waals surface area contributed by atoms with E-state index in [4.69, 9.17) is 11.6 Å².